The summed E-state index contributed by atoms with van der Waals surface area (Å²) in [5, 5.41) is 8.55. The molecule has 0 spiro atoms. The van der Waals surface area contributed by atoms with E-state index in [9.17, 15) is 14.4 Å². The Labute approximate surface area is 117 Å². The molecule has 0 fully saturated rings. The topological polar surface area (TPSA) is 74.7 Å². The van der Waals surface area contributed by atoms with Crippen molar-refractivity contribution in [3.8, 4) is 0 Å². The molecule has 1 aliphatic heterocycles. The summed E-state index contributed by atoms with van der Waals surface area (Å²) in [4.78, 5) is 36.7. The number of aliphatic carboxylic acids is 1. The average molecular weight is 285 g/mol. The van der Waals surface area contributed by atoms with Crippen LogP contribution in [0.15, 0.2) is 11.1 Å². The molecule has 1 amide bonds. The molecule has 1 N–H and O–H groups in total. The minimum absolute atomic E-state index is 0.139. The number of carboxylic acids is 1. The SMILES string of the molecule is CCS[C@@H]1C(C(=O)C(C)C)=C(CC(=O)O)C(=O)N1C. The molecule has 0 aromatic heterocycles. The zero-order valence-electron chi connectivity index (χ0n) is 11.6. The van der Waals surface area contributed by atoms with Crippen molar-refractivity contribution in [2.45, 2.75) is 32.6 Å². The van der Waals surface area contributed by atoms with E-state index in [2.05, 4.69) is 0 Å². The number of likely N-dealkylation sites (N-methyl/N-ethyl adjacent to an activating group) is 1. The zero-order chi connectivity index (χ0) is 14.7. The van der Waals surface area contributed by atoms with E-state index in [1.165, 1.54) is 16.7 Å². The molecule has 1 heterocycles. The van der Waals surface area contributed by atoms with Gasteiger partial charge in [0.2, 0.25) is 0 Å². The van der Waals surface area contributed by atoms with E-state index < -0.39 is 12.4 Å². The molecule has 1 aliphatic rings. The van der Waals surface area contributed by atoms with Crippen LogP contribution in [0.4, 0.5) is 0 Å². The van der Waals surface area contributed by atoms with Crippen molar-refractivity contribution in [2.24, 2.45) is 5.92 Å². The number of carbonyl (C=O) groups excluding carboxylic acids is 2. The Hall–Kier alpha value is -1.30. The molecule has 6 heteroatoms. The molecule has 0 bridgehead atoms. The molecule has 19 heavy (non-hydrogen) atoms. The second-order valence-corrected chi connectivity index (χ2v) is 6.06. The van der Waals surface area contributed by atoms with Crippen LogP contribution >= 0.6 is 11.8 Å². The van der Waals surface area contributed by atoms with E-state index in [1.807, 2.05) is 6.92 Å². The predicted molar refractivity (Wildman–Crippen MR) is 73.8 cm³/mol. The lowest BCUT2D eigenvalue weighted by Crippen LogP contribution is -2.31. The number of ketones is 1. The molecule has 0 saturated carbocycles. The van der Waals surface area contributed by atoms with Crippen LogP contribution in [-0.2, 0) is 14.4 Å². The molecule has 0 unspecified atom stereocenters. The van der Waals surface area contributed by atoms with Crippen molar-refractivity contribution in [3.63, 3.8) is 0 Å². The Bertz CT molecular complexity index is 442. The van der Waals surface area contributed by atoms with Crippen molar-refractivity contribution >= 4 is 29.4 Å². The minimum Gasteiger partial charge on any atom is -0.481 e. The smallest absolute Gasteiger partial charge is 0.308 e. The Morgan fingerprint density at radius 2 is 2.00 bits per heavy atom. The van der Waals surface area contributed by atoms with Crippen molar-refractivity contribution in [1.82, 2.24) is 4.90 Å². The number of hydrogen-bond acceptors (Lipinski definition) is 4. The number of hydrogen-bond donors (Lipinski definition) is 1. The van der Waals surface area contributed by atoms with Gasteiger partial charge in [-0.25, -0.2) is 0 Å². The first kappa shape index (κ1) is 15.8. The van der Waals surface area contributed by atoms with Gasteiger partial charge in [-0.15, -0.1) is 11.8 Å². The molecule has 0 aromatic carbocycles. The van der Waals surface area contributed by atoms with Crippen LogP contribution in [0.1, 0.15) is 27.2 Å². The monoisotopic (exact) mass is 285 g/mol. The van der Waals surface area contributed by atoms with Gasteiger partial charge in [-0.2, -0.15) is 0 Å². The minimum atomic E-state index is -1.09. The Kier molecular flexibility index (Phi) is 5.17. The molecule has 0 aromatic rings. The van der Waals surface area contributed by atoms with Gasteiger partial charge >= 0.3 is 5.97 Å². The van der Waals surface area contributed by atoms with Crippen LogP contribution in [0.5, 0.6) is 0 Å². The third kappa shape index (κ3) is 3.18. The number of rotatable bonds is 6. The quantitative estimate of drug-likeness (QED) is 0.801. The van der Waals surface area contributed by atoms with Gasteiger partial charge in [0.15, 0.2) is 5.78 Å². The number of amides is 1. The lowest BCUT2D eigenvalue weighted by atomic mass is 9.96. The normalized spacial score (nSPS) is 19.5. The summed E-state index contributed by atoms with van der Waals surface area (Å²) in [5.41, 5.74) is 0.511. The highest BCUT2D eigenvalue weighted by molar-refractivity contribution is 8.00. The van der Waals surface area contributed by atoms with Gasteiger partial charge in [0.1, 0.15) is 5.37 Å². The van der Waals surface area contributed by atoms with E-state index in [4.69, 9.17) is 5.11 Å². The maximum absolute atomic E-state index is 12.3. The van der Waals surface area contributed by atoms with Gasteiger partial charge in [0, 0.05) is 24.1 Å². The summed E-state index contributed by atoms with van der Waals surface area (Å²) in [6.07, 6.45) is -0.391. The van der Waals surface area contributed by atoms with Gasteiger partial charge in [0.05, 0.1) is 6.42 Å². The number of Topliss-reactive ketones (excluding diaryl/α,β-unsaturated/α-hetero) is 1. The first-order valence-corrected chi connectivity index (χ1v) is 7.23. The fourth-order valence-corrected chi connectivity index (χ4v) is 3.09. The molecule has 0 radical (unpaired) electrons. The Morgan fingerprint density at radius 3 is 2.42 bits per heavy atom. The number of carboxylic acid groups (broad SMARTS) is 1. The summed E-state index contributed by atoms with van der Waals surface area (Å²) in [6.45, 7) is 5.45. The molecule has 106 valence electrons. The summed E-state index contributed by atoms with van der Waals surface area (Å²) in [7, 11) is 1.61. The highest BCUT2D eigenvalue weighted by atomic mass is 32.2. The highest BCUT2D eigenvalue weighted by Gasteiger charge is 2.41. The molecule has 1 atom stereocenters. The van der Waals surface area contributed by atoms with Crippen LogP contribution < -0.4 is 0 Å². The lowest BCUT2D eigenvalue weighted by Gasteiger charge is -2.22. The maximum Gasteiger partial charge on any atom is 0.308 e. The number of nitrogens with zero attached hydrogens (tertiary/aromatic N) is 1. The Morgan fingerprint density at radius 1 is 1.42 bits per heavy atom. The van der Waals surface area contributed by atoms with Gasteiger partial charge in [0.25, 0.3) is 5.91 Å². The fourth-order valence-electron chi connectivity index (χ4n) is 2.03. The molecule has 0 aliphatic carbocycles. The second-order valence-electron chi connectivity index (χ2n) is 4.71. The average Bonchev–Trinajstić information content (AvgIpc) is 2.54. The first-order chi connectivity index (χ1) is 8.81. The van der Waals surface area contributed by atoms with E-state index in [-0.39, 0.29) is 28.6 Å². The lowest BCUT2D eigenvalue weighted by molar-refractivity contribution is -0.137. The van der Waals surface area contributed by atoms with Crippen molar-refractivity contribution < 1.29 is 19.5 Å². The Balaban J connectivity index is 3.27. The fraction of sp³-hybridized carbons (Fsp3) is 0.615. The third-order valence-corrected chi connectivity index (χ3v) is 4.15. The first-order valence-electron chi connectivity index (χ1n) is 6.19. The van der Waals surface area contributed by atoms with Crippen LogP contribution in [0.3, 0.4) is 0 Å². The summed E-state index contributed by atoms with van der Waals surface area (Å²) in [6, 6.07) is 0. The van der Waals surface area contributed by atoms with Crippen LogP contribution in [0.2, 0.25) is 0 Å². The van der Waals surface area contributed by atoms with Crippen molar-refractivity contribution in [3.05, 3.63) is 11.1 Å². The second kappa shape index (κ2) is 6.23. The van der Waals surface area contributed by atoms with Crippen LogP contribution in [0, 0.1) is 5.92 Å². The van der Waals surface area contributed by atoms with Crippen molar-refractivity contribution in [2.75, 3.05) is 12.8 Å². The van der Waals surface area contributed by atoms with Crippen LogP contribution in [0.25, 0.3) is 0 Å². The summed E-state index contributed by atoms with van der Waals surface area (Å²) < 4.78 is 0. The standard InChI is InChI=1S/C13H19NO4S/c1-5-19-13-10(11(17)7(2)3)8(6-9(15)16)12(18)14(13)4/h7,13H,5-6H2,1-4H3,(H,15,16)/t13-/m1/s1. The molecular formula is C13H19NO4S. The van der Waals surface area contributed by atoms with E-state index in [1.54, 1.807) is 20.9 Å². The summed E-state index contributed by atoms with van der Waals surface area (Å²) in [5.74, 6) is -1.08. The molecule has 0 saturated heterocycles. The van der Waals surface area contributed by atoms with Gasteiger partial charge in [-0.3, -0.25) is 14.4 Å². The predicted octanol–water partition coefficient (Wildman–Crippen LogP) is 1.53. The van der Waals surface area contributed by atoms with Gasteiger partial charge in [-0.05, 0) is 5.75 Å². The molecule has 1 rings (SSSR count). The van der Waals surface area contributed by atoms with Crippen LogP contribution in [-0.4, -0.2) is 45.8 Å². The van der Waals surface area contributed by atoms with E-state index in [0.717, 1.165) is 5.75 Å². The van der Waals surface area contributed by atoms with Crippen molar-refractivity contribution in [1.29, 1.82) is 0 Å². The van der Waals surface area contributed by atoms with E-state index in [0.29, 0.717) is 5.57 Å². The van der Waals surface area contributed by atoms with E-state index >= 15 is 0 Å². The highest BCUT2D eigenvalue weighted by Crippen LogP contribution is 2.35. The number of thioether (sulfide) groups is 1. The van der Waals surface area contributed by atoms with Gasteiger partial charge < -0.3 is 10.0 Å². The van der Waals surface area contributed by atoms with Gasteiger partial charge in [-0.1, -0.05) is 20.8 Å². The maximum atomic E-state index is 12.3. The largest absolute Gasteiger partial charge is 0.481 e. The zero-order valence-corrected chi connectivity index (χ0v) is 12.4. The molecular weight excluding hydrogens is 266 g/mol. The number of carbonyl (C=O) groups is 3. The summed E-state index contributed by atoms with van der Waals surface area (Å²) >= 11 is 1.47. The molecule has 5 nitrogen and oxygen atoms in total. The third-order valence-electron chi connectivity index (χ3n) is 2.94.